The molecule has 0 amide bonds. The molecule has 0 aromatic rings. The zero-order valence-corrected chi connectivity index (χ0v) is 4.31. The first-order valence-corrected chi connectivity index (χ1v) is 2.50. The molecular formula is C4H4ClO2. The van der Waals surface area contributed by atoms with Gasteiger partial charge in [0.1, 0.15) is 0 Å². The van der Waals surface area contributed by atoms with Gasteiger partial charge in [0.25, 0.3) is 0 Å². The summed E-state index contributed by atoms with van der Waals surface area (Å²) in [5.74, 6) is -1.37. The van der Waals surface area contributed by atoms with E-state index in [9.17, 15) is 9.90 Å². The van der Waals surface area contributed by atoms with Crippen molar-refractivity contribution in [1.82, 2.24) is 0 Å². The highest BCUT2D eigenvalue weighted by molar-refractivity contribution is 6.24. The number of hydrogen-bond donors (Lipinski definition) is 0. The average molecular weight is 120 g/mol. The Hall–Kier alpha value is -0.240. The third-order valence-electron chi connectivity index (χ3n) is 1.02. The number of halogens is 1. The Bertz CT molecular complexity index is 102. The minimum atomic E-state index is -1.01. The number of rotatable bonds is 1. The highest BCUT2D eigenvalue weighted by atomic mass is 35.5. The molecule has 2 unspecified atom stereocenters. The molecule has 2 atom stereocenters. The monoisotopic (exact) mass is 119 g/mol. The van der Waals surface area contributed by atoms with E-state index in [-0.39, 0.29) is 11.3 Å². The van der Waals surface area contributed by atoms with Gasteiger partial charge in [-0.3, -0.25) is 0 Å². The Kier molecular flexibility index (Phi) is 0.961. The van der Waals surface area contributed by atoms with Gasteiger partial charge in [0.05, 0.1) is 5.92 Å². The Morgan fingerprint density at radius 3 is 2.14 bits per heavy atom. The van der Waals surface area contributed by atoms with Gasteiger partial charge in [0.15, 0.2) is 0 Å². The van der Waals surface area contributed by atoms with Crippen LogP contribution in [0.1, 0.15) is 6.42 Å². The van der Waals surface area contributed by atoms with Gasteiger partial charge >= 0.3 is 5.97 Å². The molecule has 2 nitrogen and oxygen atoms in total. The van der Waals surface area contributed by atoms with Crippen LogP contribution >= 0.6 is 11.6 Å². The summed E-state index contributed by atoms with van der Waals surface area (Å²) in [7, 11) is 0. The van der Waals surface area contributed by atoms with Crippen molar-refractivity contribution in [2.75, 3.05) is 0 Å². The van der Waals surface area contributed by atoms with Crippen molar-refractivity contribution >= 4 is 17.6 Å². The van der Waals surface area contributed by atoms with Crippen LogP contribution in [0.25, 0.3) is 0 Å². The van der Waals surface area contributed by atoms with Gasteiger partial charge in [-0.1, -0.05) is 0 Å². The number of alkyl halides is 1. The third kappa shape index (κ3) is 0.855. The van der Waals surface area contributed by atoms with Crippen molar-refractivity contribution in [3.63, 3.8) is 0 Å². The van der Waals surface area contributed by atoms with Gasteiger partial charge in [-0.2, -0.15) is 0 Å². The van der Waals surface area contributed by atoms with E-state index in [0.29, 0.717) is 6.42 Å². The molecule has 3 heteroatoms. The highest BCUT2D eigenvalue weighted by Crippen LogP contribution is 2.35. The fourth-order valence-electron chi connectivity index (χ4n) is 0.408. The summed E-state index contributed by atoms with van der Waals surface area (Å²) in [5, 5.41) is 9.63. The van der Waals surface area contributed by atoms with Crippen LogP contribution in [-0.2, 0) is 9.90 Å². The smallest absolute Gasteiger partial charge is 0.247 e. The van der Waals surface area contributed by atoms with Gasteiger partial charge in [-0.15, -0.1) is 11.6 Å². The lowest BCUT2D eigenvalue weighted by molar-refractivity contribution is -0.144. The van der Waals surface area contributed by atoms with Crippen LogP contribution in [0.4, 0.5) is 0 Å². The normalized spacial score (nSPS) is 37.9. The molecule has 0 aromatic heterocycles. The maximum atomic E-state index is 9.78. The molecule has 7 heavy (non-hydrogen) atoms. The van der Waals surface area contributed by atoms with Gasteiger partial charge in [0, 0.05) is 5.38 Å². The first-order valence-electron chi connectivity index (χ1n) is 2.06. The standard InChI is InChI=1S/C4H4ClO2/c5-3-1-2(3)4(6)7/h2-3H,1H2. The van der Waals surface area contributed by atoms with Crippen molar-refractivity contribution in [2.24, 2.45) is 5.92 Å². The predicted molar refractivity (Wildman–Crippen MR) is 23.4 cm³/mol. The van der Waals surface area contributed by atoms with E-state index in [1.54, 1.807) is 0 Å². The molecule has 0 saturated heterocycles. The van der Waals surface area contributed by atoms with Crippen LogP contribution in [0.3, 0.4) is 0 Å². The summed E-state index contributed by atoms with van der Waals surface area (Å²) in [4.78, 5) is 9.78. The first-order chi connectivity index (χ1) is 3.22. The lowest BCUT2D eigenvalue weighted by atomic mass is 10.5. The maximum Gasteiger partial charge on any atom is 0.360 e. The van der Waals surface area contributed by atoms with Crippen molar-refractivity contribution in [2.45, 2.75) is 11.8 Å². The molecule has 0 aromatic carbocycles. The van der Waals surface area contributed by atoms with Gasteiger partial charge in [-0.25, -0.2) is 9.90 Å². The molecule has 1 aliphatic carbocycles. The Morgan fingerprint density at radius 1 is 1.71 bits per heavy atom. The molecule has 39 valence electrons. The summed E-state index contributed by atoms with van der Waals surface area (Å²) < 4.78 is 0. The Balaban J connectivity index is 2.33. The van der Waals surface area contributed by atoms with E-state index in [2.05, 4.69) is 0 Å². The molecule has 0 bridgehead atoms. The lowest BCUT2D eigenvalue weighted by Gasteiger charge is -1.73. The fraction of sp³-hybridized carbons (Fsp3) is 0.750. The van der Waals surface area contributed by atoms with Gasteiger partial charge in [0.2, 0.25) is 0 Å². The number of carbonyl (C=O) groups is 1. The van der Waals surface area contributed by atoms with Crippen LogP contribution in [-0.4, -0.2) is 11.3 Å². The first kappa shape index (κ1) is 4.91. The van der Waals surface area contributed by atoms with Crippen molar-refractivity contribution < 1.29 is 9.90 Å². The third-order valence-corrected chi connectivity index (χ3v) is 1.50. The van der Waals surface area contributed by atoms with Gasteiger partial charge < -0.3 is 0 Å². The number of carbonyl (C=O) groups excluding carboxylic acids is 1. The van der Waals surface area contributed by atoms with E-state index < -0.39 is 5.97 Å². The summed E-state index contributed by atoms with van der Waals surface area (Å²) in [6, 6.07) is 0. The van der Waals surface area contributed by atoms with E-state index >= 15 is 0 Å². The maximum absolute atomic E-state index is 9.78. The molecule has 0 N–H and O–H groups in total. The van der Waals surface area contributed by atoms with E-state index in [0.717, 1.165) is 0 Å². The minimum absolute atomic E-state index is 0.148. The molecule has 1 saturated carbocycles. The van der Waals surface area contributed by atoms with E-state index in [1.807, 2.05) is 0 Å². The summed E-state index contributed by atoms with van der Waals surface area (Å²) >= 11 is 5.33. The molecular weight excluding hydrogens is 115 g/mol. The SMILES string of the molecule is [O]C(=O)C1CC1Cl. The lowest BCUT2D eigenvalue weighted by Crippen LogP contribution is -1.95. The van der Waals surface area contributed by atoms with Crippen LogP contribution in [0.15, 0.2) is 0 Å². The molecule has 0 heterocycles. The van der Waals surface area contributed by atoms with E-state index in [4.69, 9.17) is 11.6 Å². The topological polar surface area (TPSA) is 37.0 Å². The zero-order valence-electron chi connectivity index (χ0n) is 3.56. The Labute approximate surface area is 46.1 Å². The summed E-state index contributed by atoms with van der Waals surface area (Å²) in [5.41, 5.74) is 0. The summed E-state index contributed by atoms with van der Waals surface area (Å²) in [6.07, 6.45) is 0.587. The fourth-order valence-corrected chi connectivity index (χ4v) is 0.703. The number of hydrogen-bond acceptors (Lipinski definition) is 1. The minimum Gasteiger partial charge on any atom is -0.247 e. The second-order valence-corrected chi connectivity index (χ2v) is 2.24. The second kappa shape index (κ2) is 1.37. The summed E-state index contributed by atoms with van der Waals surface area (Å²) in [6.45, 7) is 0. The van der Waals surface area contributed by atoms with Crippen molar-refractivity contribution in [3.8, 4) is 0 Å². The average Bonchev–Trinajstić information content (AvgIpc) is 2.17. The quantitative estimate of drug-likeness (QED) is 0.465. The van der Waals surface area contributed by atoms with E-state index in [1.165, 1.54) is 0 Å². The Morgan fingerprint density at radius 2 is 2.14 bits per heavy atom. The van der Waals surface area contributed by atoms with Crippen molar-refractivity contribution in [1.29, 1.82) is 0 Å². The van der Waals surface area contributed by atoms with Crippen LogP contribution in [0.2, 0.25) is 0 Å². The largest absolute Gasteiger partial charge is 0.360 e. The molecule has 1 radical (unpaired) electrons. The molecule has 0 spiro atoms. The van der Waals surface area contributed by atoms with Crippen molar-refractivity contribution in [3.05, 3.63) is 0 Å². The second-order valence-electron chi connectivity index (χ2n) is 1.68. The highest BCUT2D eigenvalue weighted by Gasteiger charge is 2.42. The molecule has 1 fully saturated rings. The molecule has 0 aliphatic heterocycles. The molecule has 1 rings (SSSR count). The van der Waals surface area contributed by atoms with Crippen LogP contribution < -0.4 is 0 Å². The van der Waals surface area contributed by atoms with Crippen LogP contribution in [0.5, 0.6) is 0 Å². The van der Waals surface area contributed by atoms with Crippen LogP contribution in [0, 0.1) is 5.92 Å². The zero-order chi connectivity index (χ0) is 5.44. The molecule has 1 aliphatic rings. The van der Waals surface area contributed by atoms with Gasteiger partial charge in [-0.05, 0) is 6.42 Å². The predicted octanol–water partition coefficient (Wildman–Crippen LogP) is 0.571.